The van der Waals surface area contributed by atoms with Crippen LogP contribution in [0.2, 0.25) is 0 Å². The molecule has 4 aromatic heterocycles. The monoisotopic (exact) mass is 974 g/mol. The van der Waals surface area contributed by atoms with Gasteiger partial charge in [0, 0.05) is 40.7 Å². The van der Waals surface area contributed by atoms with Crippen LogP contribution < -0.4 is 15.4 Å². The van der Waals surface area contributed by atoms with Gasteiger partial charge in [-0.1, -0.05) is 54.5 Å². The molecule has 3 aliphatic heterocycles. The number of methoxy groups -OCH3 is 2. The Morgan fingerprint density at radius 2 is 1.49 bits per heavy atom. The normalized spacial score (nSPS) is 21.3. The molecule has 2 saturated heterocycles. The van der Waals surface area contributed by atoms with Gasteiger partial charge in [-0.2, -0.15) is 0 Å². The molecule has 19 heteroatoms. The van der Waals surface area contributed by atoms with Gasteiger partial charge in [-0.3, -0.25) is 14.2 Å². The number of aromatic nitrogens is 6. The van der Waals surface area contributed by atoms with Crippen molar-refractivity contribution in [3.05, 3.63) is 82.3 Å². The molecule has 1 aliphatic carbocycles. The Morgan fingerprint density at radius 3 is 2.13 bits per heavy atom. The number of aromatic amines is 2. The summed E-state index contributed by atoms with van der Waals surface area (Å²) in [6, 6.07) is 9.31. The van der Waals surface area contributed by atoms with Crippen molar-refractivity contribution in [2.75, 3.05) is 20.8 Å². The summed E-state index contributed by atoms with van der Waals surface area (Å²) in [5.74, 6) is 0.804. The highest BCUT2D eigenvalue weighted by molar-refractivity contribution is 7.11. The van der Waals surface area contributed by atoms with Crippen molar-refractivity contribution in [1.82, 2.24) is 49.9 Å². The number of fused-ring (bicyclic) bond motifs is 6. The third-order valence-corrected chi connectivity index (χ3v) is 15.6. The van der Waals surface area contributed by atoms with Gasteiger partial charge in [0.1, 0.15) is 35.3 Å². The number of hydrogen-bond donors (Lipinski definition) is 4. The zero-order valence-electron chi connectivity index (χ0n) is 40.8. The molecule has 1 saturated carbocycles. The Labute approximate surface area is 408 Å². The second-order valence-corrected chi connectivity index (χ2v) is 21.7. The Kier molecular flexibility index (Phi) is 12.0. The fraction of sp³-hybridized carbons (Fsp3) is 0.471. The van der Waals surface area contributed by atoms with Gasteiger partial charge >= 0.3 is 12.2 Å². The van der Waals surface area contributed by atoms with Gasteiger partial charge in [0.25, 0.3) is 0 Å². The number of hydrogen-bond acceptors (Lipinski definition) is 11. The molecule has 368 valence electrons. The quantitative estimate of drug-likeness (QED) is 0.0971. The number of likely N-dealkylation sites (tertiary alicyclic amines) is 2. The first-order valence-corrected chi connectivity index (χ1v) is 24.8. The van der Waals surface area contributed by atoms with Crippen LogP contribution in [0.1, 0.15) is 114 Å². The summed E-state index contributed by atoms with van der Waals surface area (Å²) in [4.78, 5) is 78.0. The van der Waals surface area contributed by atoms with Gasteiger partial charge < -0.3 is 44.6 Å². The van der Waals surface area contributed by atoms with Crippen LogP contribution >= 0.6 is 11.3 Å². The number of piperidine rings is 1. The molecule has 7 atom stereocenters. The van der Waals surface area contributed by atoms with Crippen molar-refractivity contribution >= 4 is 46.2 Å². The summed E-state index contributed by atoms with van der Waals surface area (Å²) in [7, 11) is 2.55. The number of H-pyrrole nitrogens is 2. The molecule has 0 spiro atoms. The van der Waals surface area contributed by atoms with E-state index in [1.54, 1.807) is 28.6 Å². The van der Waals surface area contributed by atoms with Crippen molar-refractivity contribution < 1.29 is 37.8 Å². The maximum atomic E-state index is 17.0. The summed E-state index contributed by atoms with van der Waals surface area (Å²) in [6.07, 6.45) is 6.41. The number of thiazole rings is 1. The first-order valence-electron chi connectivity index (χ1n) is 24.0. The van der Waals surface area contributed by atoms with E-state index in [-0.39, 0.29) is 47.2 Å². The van der Waals surface area contributed by atoms with Crippen molar-refractivity contribution in [3.8, 4) is 39.5 Å². The van der Waals surface area contributed by atoms with Gasteiger partial charge in [-0.05, 0) is 73.8 Å². The number of alkyl carbamates (subject to hydrolysis) is 2. The molecule has 0 bridgehead atoms. The highest BCUT2D eigenvalue weighted by Gasteiger charge is 2.56. The fourth-order valence-electron chi connectivity index (χ4n) is 10.4. The number of halogens is 1. The minimum atomic E-state index is -0.777. The molecule has 4 amide bonds. The van der Waals surface area contributed by atoms with Crippen LogP contribution in [-0.4, -0.2) is 102 Å². The summed E-state index contributed by atoms with van der Waals surface area (Å²) < 4.78 is 35.5. The SMILES string of the molecule is COC(=O)NC(C(=O)N1CCC[C@H]1c1ncc(-c2cc(F)c3c(c2)OC(c2cnc(C(C)(C)C)s2)n2c-3cc3cc(-c4cnc([C@@H]5C[C@H]6C[C@H]6N5C(=O)C(NC(=O)OC)C(C)C)[nH]4)ccc32)[nH]1)C(C)C. The zero-order valence-corrected chi connectivity index (χ0v) is 41.6. The molecular formula is C51H59FN10O7S. The van der Waals surface area contributed by atoms with Crippen LogP contribution in [-0.2, 0) is 24.5 Å². The molecule has 3 unspecified atom stereocenters. The van der Waals surface area contributed by atoms with Gasteiger partial charge in [-0.25, -0.2) is 28.9 Å². The van der Waals surface area contributed by atoms with E-state index in [0.29, 0.717) is 58.8 Å². The number of nitrogens with one attached hydrogen (secondary N) is 4. The van der Waals surface area contributed by atoms with Crippen LogP contribution in [0.15, 0.2) is 55.0 Å². The average Bonchev–Trinajstić information content (AvgIpc) is 4.09. The lowest BCUT2D eigenvalue weighted by Crippen LogP contribution is -2.52. The molecule has 17 nitrogen and oxygen atoms in total. The molecule has 2 aromatic carbocycles. The van der Waals surface area contributed by atoms with Gasteiger partial charge in [-0.15, -0.1) is 11.3 Å². The Balaban J connectivity index is 0.975. The number of nitrogens with zero attached hydrogens (tertiary/aromatic N) is 6. The van der Waals surface area contributed by atoms with E-state index in [0.717, 1.165) is 51.3 Å². The minimum absolute atomic E-state index is 0.0993. The molecule has 10 rings (SSSR count). The highest BCUT2D eigenvalue weighted by Crippen LogP contribution is 2.54. The van der Waals surface area contributed by atoms with E-state index in [2.05, 4.69) is 47.4 Å². The van der Waals surface area contributed by atoms with Crippen molar-refractivity contribution in [1.29, 1.82) is 0 Å². The van der Waals surface area contributed by atoms with E-state index in [1.807, 2.05) is 67.6 Å². The van der Waals surface area contributed by atoms with E-state index in [1.165, 1.54) is 20.3 Å². The van der Waals surface area contributed by atoms with Gasteiger partial charge in [0.2, 0.25) is 18.0 Å². The zero-order chi connectivity index (χ0) is 49.5. The predicted molar refractivity (Wildman–Crippen MR) is 260 cm³/mol. The lowest BCUT2D eigenvalue weighted by molar-refractivity contribution is -0.137. The van der Waals surface area contributed by atoms with E-state index in [4.69, 9.17) is 29.2 Å². The lowest BCUT2D eigenvalue weighted by Gasteiger charge is -2.31. The van der Waals surface area contributed by atoms with E-state index >= 15 is 4.39 Å². The number of rotatable bonds is 11. The van der Waals surface area contributed by atoms with Crippen LogP contribution in [0.25, 0.3) is 44.7 Å². The highest BCUT2D eigenvalue weighted by atomic mass is 32.1. The second-order valence-electron chi connectivity index (χ2n) is 20.6. The number of imidazole rings is 2. The summed E-state index contributed by atoms with van der Waals surface area (Å²) in [5.41, 5.74) is 4.31. The third kappa shape index (κ3) is 8.34. The topological polar surface area (TPSA) is 202 Å². The Hall–Kier alpha value is -6.76. The van der Waals surface area contributed by atoms with E-state index < -0.39 is 36.3 Å². The van der Waals surface area contributed by atoms with Gasteiger partial charge in [0.05, 0.1) is 76.7 Å². The first kappa shape index (κ1) is 46.9. The number of carbonyl (C=O) groups is 4. The summed E-state index contributed by atoms with van der Waals surface area (Å²) in [5, 5.41) is 7.23. The van der Waals surface area contributed by atoms with Crippen LogP contribution in [0.4, 0.5) is 14.0 Å². The van der Waals surface area contributed by atoms with Crippen molar-refractivity contribution in [2.24, 2.45) is 17.8 Å². The molecule has 4 N–H and O–H groups in total. The number of ether oxygens (including phenoxy) is 3. The van der Waals surface area contributed by atoms with E-state index in [9.17, 15) is 19.2 Å². The van der Waals surface area contributed by atoms with Gasteiger partial charge in [0.15, 0.2) is 0 Å². The molecule has 4 aliphatic rings. The first-order chi connectivity index (χ1) is 33.4. The maximum Gasteiger partial charge on any atom is 0.407 e. The number of benzene rings is 2. The maximum absolute atomic E-state index is 17.0. The molecule has 70 heavy (non-hydrogen) atoms. The number of amides is 4. The summed E-state index contributed by atoms with van der Waals surface area (Å²) in [6.45, 7) is 14.4. The average molecular weight is 975 g/mol. The van der Waals surface area contributed by atoms with Crippen LogP contribution in [0.5, 0.6) is 5.75 Å². The molecule has 3 fully saturated rings. The fourth-order valence-corrected chi connectivity index (χ4v) is 11.4. The molecule has 0 radical (unpaired) electrons. The smallest absolute Gasteiger partial charge is 0.407 e. The summed E-state index contributed by atoms with van der Waals surface area (Å²) >= 11 is 1.56. The lowest BCUT2D eigenvalue weighted by atomic mass is 9.98. The second kappa shape index (κ2) is 17.9. The molecular weight excluding hydrogens is 916 g/mol. The molecule has 6 aromatic rings. The predicted octanol–water partition coefficient (Wildman–Crippen LogP) is 9.01. The number of carbonyl (C=O) groups excluding carboxylic acids is 4. The largest absolute Gasteiger partial charge is 0.464 e. The van der Waals surface area contributed by atoms with Crippen LogP contribution in [0, 0.1) is 23.6 Å². The van der Waals surface area contributed by atoms with Crippen LogP contribution in [0.3, 0.4) is 0 Å². The Morgan fingerprint density at radius 1 is 0.829 bits per heavy atom. The minimum Gasteiger partial charge on any atom is -0.464 e. The van der Waals surface area contributed by atoms with Crippen molar-refractivity contribution in [3.63, 3.8) is 0 Å². The van der Waals surface area contributed by atoms with Crippen molar-refractivity contribution in [2.45, 2.75) is 116 Å². The Bertz CT molecular complexity index is 3020. The third-order valence-electron chi connectivity index (χ3n) is 14.2. The molecule has 7 heterocycles. The standard InChI is InChI=1S/C51H59FN10O7S/c1-24(2)41(58-49(65)67-8)45(63)60-14-10-11-34(60)43-53-22-32(57-43)27-16-30(52)40-36-18-28-15-26(12-13-33(28)62(36)47(69-38(40)20-27)39-23-55-48(70-39)51(5,6)7)31-21-54-44(56-31)37-19-29-17-35(29)61(37)46(64)42(25(3)4)59-50(66)68-9/h12-13,15-16,18,20-25,29,34-35,37,41-42,47H,10-11,14,17,19H2,1-9H3,(H,53,57)(H,54,56)(H,58,65)(H,59,66)/t29-,34+,35-,37+,41?,42?,47?/m1/s1.